The first-order chi connectivity index (χ1) is 21.0. The van der Waals surface area contributed by atoms with Gasteiger partial charge in [-0.3, -0.25) is 9.59 Å². The van der Waals surface area contributed by atoms with E-state index < -0.39 is 39.1 Å². The van der Waals surface area contributed by atoms with E-state index in [1.165, 1.54) is 12.1 Å². The standard InChI is InChI=1S/C32H45N3O9S/c1-31(2,3)43-29(37)27(34-45(39,40)26-10-8-7-9-11-26)22-33-28(36)23-12-14-24(15-13-23)41-20-21-42-25-16-18-35(19-17-25)30(38)44-32(4,5)6/h7-15,25,27,34H,16-22H2,1-6H3,(H,33,36)/t27-/m0/s1. The number of hydrogen-bond acceptors (Lipinski definition) is 9. The highest BCUT2D eigenvalue weighted by Gasteiger charge is 2.31. The molecule has 45 heavy (non-hydrogen) atoms. The smallest absolute Gasteiger partial charge is 0.410 e. The van der Waals surface area contributed by atoms with Crippen molar-refractivity contribution in [3.05, 3.63) is 60.2 Å². The lowest BCUT2D eigenvalue weighted by atomic mass is 10.1. The summed E-state index contributed by atoms with van der Waals surface area (Å²) in [5.41, 5.74) is -1.10. The molecule has 2 amide bonds. The first kappa shape index (κ1) is 35.8. The van der Waals surface area contributed by atoms with Crippen molar-refractivity contribution in [2.24, 2.45) is 0 Å². The Bertz CT molecular complexity index is 1380. The summed E-state index contributed by atoms with van der Waals surface area (Å²) in [5.74, 6) is -0.783. The third kappa shape index (κ3) is 12.3. The molecular formula is C32H45N3O9S. The number of benzene rings is 2. The molecule has 2 aromatic carbocycles. The number of sulfonamides is 1. The Morgan fingerprint density at radius 1 is 0.867 bits per heavy atom. The van der Waals surface area contributed by atoms with Gasteiger partial charge in [0.1, 0.15) is 29.6 Å². The molecule has 1 aliphatic rings. The van der Waals surface area contributed by atoms with Crippen molar-refractivity contribution in [1.29, 1.82) is 0 Å². The summed E-state index contributed by atoms with van der Waals surface area (Å²) in [6.45, 7) is 12.0. The van der Waals surface area contributed by atoms with Gasteiger partial charge in [0.05, 0.1) is 17.6 Å². The first-order valence-corrected chi connectivity index (χ1v) is 16.4. The fourth-order valence-corrected chi connectivity index (χ4v) is 5.51. The van der Waals surface area contributed by atoms with Gasteiger partial charge in [-0.25, -0.2) is 13.2 Å². The van der Waals surface area contributed by atoms with Crippen LogP contribution in [0.1, 0.15) is 64.7 Å². The van der Waals surface area contributed by atoms with E-state index in [-0.39, 0.29) is 23.6 Å². The average molecular weight is 648 g/mol. The molecule has 0 radical (unpaired) electrons. The number of rotatable bonds is 12. The largest absolute Gasteiger partial charge is 0.491 e. The predicted octanol–water partition coefficient (Wildman–Crippen LogP) is 3.90. The van der Waals surface area contributed by atoms with E-state index in [1.807, 2.05) is 20.8 Å². The maximum absolute atomic E-state index is 12.9. The molecule has 0 unspecified atom stereocenters. The van der Waals surface area contributed by atoms with Gasteiger partial charge in [0, 0.05) is 25.2 Å². The second-order valence-corrected chi connectivity index (χ2v) is 14.4. The summed E-state index contributed by atoms with van der Waals surface area (Å²) in [4.78, 5) is 39.6. The van der Waals surface area contributed by atoms with Crippen molar-refractivity contribution in [1.82, 2.24) is 14.9 Å². The highest BCUT2D eigenvalue weighted by Crippen LogP contribution is 2.18. The highest BCUT2D eigenvalue weighted by atomic mass is 32.2. The van der Waals surface area contributed by atoms with Crippen LogP contribution in [0.2, 0.25) is 0 Å². The Hall–Kier alpha value is -3.68. The Labute approximate surface area is 265 Å². The van der Waals surface area contributed by atoms with Crippen LogP contribution < -0.4 is 14.8 Å². The lowest BCUT2D eigenvalue weighted by molar-refractivity contribution is -0.156. The quantitative estimate of drug-likeness (QED) is 0.258. The van der Waals surface area contributed by atoms with E-state index in [1.54, 1.807) is 68.1 Å². The van der Waals surface area contributed by atoms with Crippen LogP contribution in [-0.2, 0) is 29.0 Å². The molecule has 0 spiro atoms. The van der Waals surface area contributed by atoms with Crippen molar-refractivity contribution in [3.8, 4) is 5.75 Å². The maximum atomic E-state index is 12.9. The average Bonchev–Trinajstić information content (AvgIpc) is 2.96. The van der Waals surface area contributed by atoms with Gasteiger partial charge in [-0.05, 0) is 90.8 Å². The van der Waals surface area contributed by atoms with E-state index in [0.29, 0.717) is 50.5 Å². The van der Waals surface area contributed by atoms with E-state index in [9.17, 15) is 22.8 Å². The molecule has 2 N–H and O–H groups in total. The summed E-state index contributed by atoms with van der Waals surface area (Å²) in [5, 5.41) is 2.61. The molecule has 1 saturated heterocycles. The van der Waals surface area contributed by atoms with Gasteiger partial charge in [-0.2, -0.15) is 4.72 Å². The molecule has 1 heterocycles. The van der Waals surface area contributed by atoms with Crippen LogP contribution in [0.3, 0.4) is 0 Å². The zero-order chi connectivity index (χ0) is 33.3. The minimum Gasteiger partial charge on any atom is -0.491 e. The third-order valence-corrected chi connectivity index (χ3v) is 7.91. The Morgan fingerprint density at radius 2 is 1.47 bits per heavy atom. The fourth-order valence-electron chi connectivity index (χ4n) is 4.31. The van der Waals surface area contributed by atoms with Crippen LogP contribution in [-0.4, -0.2) is 87.5 Å². The normalized spacial score (nSPS) is 15.2. The summed E-state index contributed by atoms with van der Waals surface area (Å²) >= 11 is 0. The second-order valence-electron chi connectivity index (χ2n) is 12.6. The van der Waals surface area contributed by atoms with Gasteiger partial charge in [-0.1, -0.05) is 18.2 Å². The number of nitrogens with one attached hydrogen (secondary N) is 2. The highest BCUT2D eigenvalue weighted by molar-refractivity contribution is 7.89. The molecule has 0 aromatic heterocycles. The van der Waals surface area contributed by atoms with E-state index in [2.05, 4.69) is 10.0 Å². The summed E-state index contributed by atoms with van der Waals surface area (Å²) in [7, 11) is -4.06. The number of ether oxygens (including phenoxy) is 4. The van der Waals surface area contributed by atoms with Crippen LogP contribution in [0.25, 0.3) is 0 Å². The van der Waals surface area contributed by atoms with E-state index >= 15 is 0 Å². The van der Waals surface area contributed by atoms with Crippen molar-refractivity contribution in [2.75, 3.05) is 32.8 Å². The number of carbonyl (C=O) groups excluding carboxylic acids is 3. The molecule has 0 bridgehead atoms. The molecule has 1 fully saturated rings. The first-order valence-electron chi connectivity index (χ1n) is 14.9. The van der Waals surface area contributed by atoms with Gasteiger partial charge in [0.25, 0.3) is 5.91 Å². The Kier molecular flexibility index (Phi) is 12.4. The Morgan fingerprint density at radius 3 is 2.04 bits per heavy atom. The summed E-state index contributed by atoms with van der Waals surface area (Å²) < 4.78 is 50.5. The number of hydrogen-bond donors (Lipinski definition) is 2. The van der Waals surface area contributed by atoms with E-state index in [4.69, 9.17) is 18.9 Å². The van der Waals surface area contributed by atoms with Gasteiger partial charge in [-0.15, -0.1) is 0 Å². The molecular weight excluding hydrogens is 602 g/mol. The molecule has 13 heteroatoms. The number of carbonyl (C=O) groups is 3. The van der Waals surface area contributed by atoms with Gasteiger partial charge in [0.15, 0.2) is 0 Å². The molecule has 3 rings (SSSR count). The minimum absolute atomic E-state index is 0.0190. The van der Waals surface area contributed by atoms with Crippen LogP contribution in [0.15, 0.2) is 59.5 Å². The lowest BCUT2D eigenvalue weighted by Crippen LogP contribution is -2.50. The van der Waals surface area contributed by atoms with Gasteiger partial charge >= 0.3 is 12.1 Å². The summed E-state index contributed by atoms with van der Waals surface area (Å²) in [6, 6.07) is 12.7. The molecule has 12 nitrogen and oxygen atoms in total. The fraction of sp³-hybridized carbons (Fsp3) is 0.531. The monoisotopic (exact) mass is 647 g/mol. The zero-order valence-electron chi connectivity index (χ0n) is 26.8. The molecule has 248 valence electrons. The molecule has 1 atom stereocenters. The number of esters is 1. The number of amides is 2. The SMILES string of the molecule is CC(C)(C)OC(=O)[C@H](CNC(=O)c1ccc(OCCOC2CCN(C(=O)OC(C)(C)C)CC2)cc1)NS(=O)(=O)c1ccccc1. The number of nitrogens with zero attached hydrogens (tertiary/aromatic N) is 1. The maximum Gasteiger partial charge on any atom is 0.410 e. The molecule has 1 aliphatic heterocycles. The van der Waals surface area contributed by atoms with Crippen molar-refractivity contribution in [2.45, 2.75) is 82.6 Å². The van der Waals surface area contributed by atoms with Crippen LogP contribution in [0.4, 0.5) is 4.79 Å². The number of likely N-dealkylation sites (tertiary alicyclic amines) is 1. The van der Waals surface area contributed by atoms with Crippen LogP contribution in [0, 0.1) is 0 Å². The van der Waals surface area contributed by atoms with Crippen molar-refractivity contribution in [3.63, 3.8) is 0 Å². The topological polar surface area (TPSA) is 150 Å². The van der Waals surface area contributed by atoms with E-state index in [0.717, 1.165) is 0 Å². The lowest BCUT2D eigenvalue weighted by Gasteiger charge is -2.33. The zero-order valence-corrected chi connectivity index (χ0v) is 27.6. The van der Waals surface area contributed by atoms with Crippen LogP contribution in [0.5, 0.6) is 5.75 Å². The van der Waals surface area contributed by atoms with Gasteiger partial charge in [0.2, 0.25) is 10.0 Å². The second kappa shape index (κ2) is 15.5. The van der Waals surface area contributed by atoms with Gasteiger partial charge < -0.3 is 29.2 Å². The number of piperidine rings is 1. The third-order valence-electron chi connectivity index (χ3n) is 6.42. The predicted molar refractivity (Wildman–Crippen MR) is 167 cm³/mol. The molecule has 2 aromatic rings. The van der Waals surface area contributed by atoms with Crippen molar-refractivity contribution < 1.29 is 41.7 Å². The van der Waals surface area contributed by atoms with Crippen LogP contribution >= 0.6 is 0 Å². The van der Waals surface area contributed by atoms with Crippen molar-refractivity contribution >= 4 is 28.0 Å². The molecule has 0 aliphatic carbocycles. The Balaban J connectivity index is 1.46. The minimum atomic E-state index is -4.06. The summed E-state index contributed by atoms with van der Waals surface area (Å²) in [6.07, 6.45) is 1.15. The molecule has 0 saturated carbocycles.